The lowest BCUT2D eigenvalue weighted by Gasteiger charge is -2.32. The average Bonchev–Trinajstić information content (AvgIpc) is 3.32. The van der Waals surface area contributed by atoms with Crippen molar-refractivity contribution in [3.05, 3.63) is 60.3 Å². The van der Waals surface area contributed by atoms with E-state index in [1.165, 1.54) is 10.9 Å². The first-order chi connectivity index (χ1) is 17.0. The smallest absolute Gasteiger partial charge is 0.243 e. The molecule has 188 valence electrons. The first-order valence-electron chi connectivity index (χ1n) is 12.7. The Morgan fingerprint density at radius 3 is 2.40 bits per heavy atom. The summed E-state index contributed by atoms with van der Waals surface area (Å²) in [5, 5.41) is 1.24. The molecule has 0 bridgehead atoms. The molecule has 1 N–H and O–H groups in total. The zero-order chi connectivity index (χ0) is 24.3. The second-order valence-electron chi connectivity index (χ2n) is 9.79. The van der Waals surface area contributed by atoms with Crippen LogP contribution in [0.15, 0.2) is 59.6 Å². The van der Waals surface area contributed by atoms with Crippen LogP contribution in [0, 0.1) is 0 Å². The monoisotopic (exact) mass is 496 g/mol. The van der Waals surface area contributed by atoms with E-state index >= 15 is 0 Å². The zero-order valence-corrected chi connectivity index (χ0v) is 21.3. The maximum absolute atomic E-state index is 13.2. The molecule has 1 aromatic heterocycles. The molecular weight excluding hydrogens is 460 g/mol. The Morgan fingerprint density at radius 1 is 0.943 bits per heavy atom. The summed E-state index contributed by atoms with van der Waals surface area (Å²) in [7, 11) is -1.33. The Kier molecular flexibility index (Phi) is 7.43. The normalized spacial score (nSPS) is 19.3. The van der Waals surface area contributed by atoms with Gasteiger partial charge in [-0.2, -0.15) is 4.31 Å². The predicted octanol–water partition coefficient (Wildman–Crippen LogP) is 3.75. The van der Waals surface area contributed by atoms with Crippen LogP contribution in [0.1, 0.15) is 30.7 Å². The fraction of sp³-hybridized carbons (Fsp3) is 0.481. The first kappa shape index (κ1) is 24.3. The summed E-state index contributed by atoms with van der Waals surface area (Å²) in [5.41, 5.74) is 2.44. The van der Waals surface area contributed by atoms with Crippen molar-refractivity contribution in [2.45, 2.75) is 30.1 Å². The van der Waals surface area contributed by atoms with E-state index in [1.807, 2.05) is 6.07 Å². The Morgan fingerprint density at radius 2 is 1.66 bits per heavy atom. The highest BCUT2D eigenvalue weighted by Gasteiger charge is 2.30. The largest absolute Gasteiger partial charge is 0.494 e. The molecule has 8 heteroatoms. The summed E-state index contributed by atoms with van der Waals surface area (Å²) in [4.78, 5) is 8.52. The number of piperazine rings is 1. The number of aromatic nitrogens is 1. The Labute approximate surface area is 208 Å². The number of ether oxygens (including phenoxy) is 1. The van der Waals surface area contributed by atoms with Crippen molar-refractivity contribution in [1.82, 2.24) is 19.1 Å². The molecule has 2 fully saturated rings. The molecule has 2 aliphatic heterocycles. The number of fused-ring (bicyclic) bond motifs is 1. The van der Waals surface area contributed by atoms with Gasteiger partial charge in [-0.15, -0.1) is 0 Å². The van der Waals surface area contributed by atoms with Gasteiger partial charge in [0.25, 0.3) is 0 Å². The molecule has 2 saturated heterocycles. The van der Waals surface area contributed by atoms with Crippen molar-refractivity contribution in [1.29, 1.82) is 0 Å². The van der Waals surface area contributed by atoms with Gasteiger partial charge in [0, 0.05) is 62.9 Å². The average molecular weight is 497 g/mol. The number of hydrogen-bond donors (Lipinski definition) is 1. The van der Waals surface area contributed by atoms with Gasteiger partial charge < -0.3 is 19.5 Å². The molecule has 0 aliphatic carbocycles. The SMILES string of the molecule is CN1CCN(CCCOc2ccc(S(=O)(=O)N3CCC(c4c[nH]c5ccccc45)CC3)cc2)CC1. The van der Waals surface area contributed by atoms with Crippen LogP contribution >= 0.6 is 0 Å². The maximum Gasteiger partial charge on any atom is 0.243 e. The Balaban J connectivity index is 1.11. The van der Waals surface area contributed by atoms with Crippen LogP contribution in [0.4, 0.5) is 0 Å². The third-order valence-corrected chi connectivity index (χ3v) is 9.37. The predicted molar refractivity (Wildman–Crippen MR) is 140 cm³/mol. The van der Waals surface area contributed by atoms with Crippen LogP contribution in [0.2, 0.25) is 0 Å². The number of likely N-dealkylation sites (N-methyl/N-ethyl adjacent to an activating group) is 1. The lowest BCUT2D eigenvalue weighted by Crippen LogP contribution is -2.44. The van der Waals surface area contributed by atoms with Gasteiger partial charge in [0.15, 0.2) is 0 Å². The van der Waals surface area contributed by atoms with Crippen LogP contribution in [0.25, 0.3) is 10.9 Å². The Bertz CT molecular complexity index is 1210. The van der Waals surface area contributed by atoms with E-state index in [-0.39, 0.29) is 0 Å². The van der Waals surface area contributed by atoms with Crippen LogP contribution < -0.4 is 4.74 Å². The molecule has 7 nitrogen and oxygen atoms in total. The van der Waals surface area contributed by atoms with Crippen molar-refractivity contribution in [2.75, 3.05) is 59.5 Å². The number of rotatable bonds is 8. The standard InChI is InChI=1S/C27H36N4O3S/c1-29-16-18-30(19-17-29)13-4-20-34-23-7-9-24(10-8-23)35(32,33)31-14-11-22(12-15-31)26-21-28-27-6-3-2-5-25(26)27/h2-3,5-10,21-22,28H,4,11-20H2,1H3. The van der Waals surface area contributed by atoms with Crippen molar-refractivity contribution >= 4 is 20.9 Å². The quantitative estimate of drug-likeness (QED) is 0.481. The number of nitrogens with zero attached hydrogens (tertiary/aromatic N) is 3. The molecule has 0 atom stereocenters. The summed E-state index contributed by atoms with van der Waals surface area (Å²) >= 11 is 0. The third kappa shape index (κ3) is 5.56. The number of H-pyrrole nitrogens is 1. The van der Waals surface area contributed by atoms with Crippen molar-refractivity contribution in [2.24, 2.45) is 0 Å². The maximum atomic E-state index is 13.2. The van der Waals surface area contributed by atoms with Gasteiger partial charge in [-0.3, -0.25) is 0 Å². The second kappa shape index (κ2) is 10.7. The minimum absolute atomic E-state index is 0.341. The number of piperidine rings is 1. The van der Waals surface area contributed by atoms with Gasteiger partial charge >= 0.3 is 0 Å². The number of aromatic amines is 1. The number of sulfonamides is 1. The van der Waals surface area contributed by atoms with E-state index in [9.17, 15) is 8.42 Å². The van der Waals surface area contributed by atoms with Gasteiger partial charge in [-0.25, -0.2) is 8.42 Å². The topological polar surface area (TPSA) is 68.9 Å². The van der Waals surface area contributed by atoms with E-state index in [4.69, 9.17) is 4.74 Å². The molecule has 0 radical (unpaired) electrons. The zero-order valence-electron chi connectivity index (χ0n) is 20.5. The lowest BCUT2D eigenvalue weighted by molar-refractivity contribution is 0.145. The molecule has 2 aromatic carbocycles. The van der Waals surface area contributed by atoms with Gasteiger partial charge in [0.05, 0.1) is 11.5 Å². The summed E-state index contributed by atoms with van der Waals surface area (Å²) in [6.45, 7) is 7.22. The summed E-state index contributed by atoms with van der Waals surface area (Å²) in [6, 6.07) is 15.2. The van der Waals surface area contributed by atoms with Crippen molar-refractivity contribution in [3.63, 3.8) is 0 Å². The summed E-state index contributed by atoms with van der Waals surface area (Å²) in [5.74, 6) is 1.10. The van der Waals surface area contributed by atoms with E-state index in [0.717, 1.165) is 63.3 Å². The lowest BCUT2D eigenvalue weighted by atomic mass is 9.90. The van der Waals surface area contributed by atoms with Crippen LogP contribution in [-0.4, -0.2) is 87.0 Å². The van der Waals surface area contributed by atoms with Crippen LogP contribution in [0.5, 0.6) is 5.75 Å². The highest BCUT2D eigenvalue weighted by molar-refractivity contribution is 7.89. The highest BCUT2D eigenvalue weighted by atomic mass is 32.2. The van der Waals surface area contributed by atoms with Crippen LogP contribution in [-0.2, 0) is 10.0 Å². The van der Waals surface area contributed by atoms with Gasteiger partial charge in [0.1, 0.15) is 5.75 Å². The minimum Gasteiger partial charge on any atom is -0.494 e. The van der Waals surface area contributed by atoms with E-state index in [1.54, 1.807) is 28.6 Å². The molecular formula is C27H36N4O3S. The third-order valence-electron chi connectivity index (χ3n) is 7.46. The fourth-order valence-corrected chi connectivity index (χ4v) is 6.72. The Hall–Kier alpha value is -2.39. The number of benzene rings is 2. The molecule has 5 rings (SSSR count). The summed E-state index contributed by atoms with van der Waals surface area (Å²) < 4.78 is 34.0. The van der Waals surface area contributed by atoms with Gasteiger partial charge in [-0.05, 0) is 68.1 Å². The first-order valence-corrected chi connectivity index (χ1v) is 14.1. The van der Waals surface area contributed by atoms with E-state index in [0.29, 0.717) is 30.5 Å². The second-order valence-corrected chi connectivity index (χ2v) is 11.7. The van der Waals surface area contributed by atoms with E-state index < -0.39 is 10.0 Å². The number of nitrogens with one attached hydrogen (secondary N) is 1. The van der Waals surface area contributed by atoms with Crippen LogP contribution in [0.3, 0.4) is 0 Å². The molecule has 0 amide bonds. The minimum atomic E-state index is -3.50. The van der Waals surface area contributed by atoms with Gasteiger partial charge in [-0.1, -0.05) is 18.2 Å². The number of hydrogen-bond acceptors (Lipinski definition) is 5. The molecule has 3 aromatic rings. The van der Waals surface area contributed by atoms with Gasteiger partial charge in [0.2, 0.25) is 10.0 Å². The molecule has 0 saturated carbocycles. The molecule has 0 unspecified atom stereocenters. The van der Waals surface area contributed by atoms with Crippen molar-refractivity contribution in [3.8, 4) is 5.75 Å². The molecule has 0 spiro atoms. The van der Waals surface area contributed by atoms with E-state index in [2.05, 4.69) is 46.2 Å². The highest BCUT2D eigenvalue weighted by Crippen LogP contribution is 2.34. The molecule has 3 heterocycles. The summed E-state index contributed by atoms with van der Waals surface area (Å²) in [6.07, 6.45) is 4.71. The van der Waals surface area contributed by atoms with Crippen molar-refractivity contribution < 1.29 is 13.2 Å². The fourth-order valence-electron chi connectivity index (χ4n) is 5.25. The number of para-hydroxylation sites is 1. The molecule has 2 aliphatic rings. The molecule has 35 heavy (non-hydrogen) atoms.